The Morgan fingerprint density at radius 3 is 3.07 bits per heavy atom. The minimum atomic E-state index is 0.170. The molecule has 1 aliphatic carbocycles. The van der Waals surface area contributed by atoms with Crippen molar-refractivity contribution in [1.29, 1.82) is 5.26 Å². The summed E-state index contributed by atoms with van der Waals surface area (Å²) in [4.78, 5) is 0. The van der Waals surface area contributed by atoms with Crippen LogP contribution in [-0.2, 0) is 6.54 Å². The Hall–Kier alpha value is -0.790. The van der Waals surface area contributed by atoms with Crippen LogP contribution in [0.25, 0.3) is 0 Å². The van der Waals surface area contributed by atoms with Gasteiger partial charge >= 0.3 is 0 Å². The molecule has 1 aromatic rings. The fourth-order valence-electron chi connectivity index (χ4n) is 2.04. The number of nitrogens with one attached hydrogen (secondary N) is 1. The molecule has 0 spiro atoms. The molecule has 0 amide bonds. The molecular formula is C11H13BrN2O. The lowest BCUT2D eigenvalue weighted by molar-refractivity contribution is 0.412. The summed E-state index contributed by atoms with van der Waals surface area (Å²) >= 11 is 3.26. The van der Waals surface area contributed by atoms with E-state index in [-0.39, 0.29) is 5.92 Å². The van der Waals surface area contributed by atoms with Crippen molar-refractivity contribution in [2.24, 2.45) is 5.92 Å². The maximum Gasteiger partial charge on any atom is 0.169 e. The van der Waals surface area contributed by atoms with Gasteiger partial charge in [0.05, 0.1) is 18.5 Å². The van der Waals surface area contributed by atoms with Gasteiger partial charge in [0.2, 0.25) is 0 Å². The molecule has 0 aromatic carbocycles. The molecule has 1 saturated carbocycles. The van der Waals surface area contributed by atoms with Crippen LogP contribution in [0.4, 0.5) is 0 Å². The quantitative estimate of drug-likeness (QED) is 0.917. The molecule has 1 fully saturated rings. The van der Waals surface area contributed by atoms with Gasteiger partial charge in [0.15, 0.2) is 4.67 Å². The van der Waals surface area contributed by atoms with Crippen molar-refractivity contribution in [3.05, 3.63) is 22.6 Å². The van der Waals surface area contributed by atoms with Gasteiger partial charge in [0.1, 0.15) is 5.76 Å². The van der Waals surface area contributed by atoms with Gasteiger partial charge < -0.3 is 9.73 Å². The number of furan rings is 1. The van der Waals surface area contributed by atoms with Crippen LogP contribution in [0, 0.1) is 17.2 Å². The van der Waals surface area contributed by atoms with E-state index in [4.69, 9.17) is 9.68 Å². The van der Waals surface area contributed by atoms with E-state index in [1.165, 1.54) is 0 Å². The molecule has 80 valence electrons. The highest BCUT2D eigenvalue weighted by molar-refractivity contribution is 9.10. The number of nitrogens with zero attached hydrogens (tertiary/aromatic N) is 1. The minimum Gasteiger partial charge on any atom is -0.453 e. The van der Waals surface area contributed by atoms with E-state index in [0.29, 0.717) is 12.6 Å². The normalized spacial score (nSPS) is 25.3. The summed E-state index contributed by atoms with van der Waals surface area (Å²) in [6.45, 7) is 0.703. The first-order valence-electron chi connectivity index (χ1n) is 5.17. The van der Waals surface area contributed by atoms with Gasteiger partial charge in [0, 0.05) is 6.04 Å². The van der Waals surface area contributed by atoms with E-state index in [9.17, 15) is 0 Å². The van der Waals surface area contributed by atoms with Gasteiger partial charge in [-0.2, -0.15) is 5.26 Å². The summed E-state index contributed by atoms with van der Waals surface area (Å²) in [5.74, 6) is 1.08. The van der Waals surface area contributed by atoms with Crippen molar-refractivity contribution in [1.82, 2.24) is 5.32 Å². The third-order valence-corrected chi connectivity index (χ3v) is 3.28. The van der Waals surface area contributed by atoms with Crippen molar-refractivity contribution in [3.63, 3.8) is 0 Å². The lowest BCUT2D eigenvalue weighted by Gasteiger charge is -2.14. The van der Waals surface area contributed by atoms with E-state index in [1.807, 2.05) is 12.1 Å². The number of rotatable bonds is 3. The van der Waals surface area contributed by atoms with E-state index < -0.39 is 0 Å². The van der Waals surface area contributed by atoms with E-state index >= 15 is 0 Å². The van der Waals surface area contributed by atoms with Gasteiger partial charge in [-0.1, -0.05) is 6.42 Å². The van der Waals surface area contributed by atoms with Crippen LogP contribution in [0.15, 0.2) is 21.2 Å². The minimum absolute atomic E-state index is 0.170. The highest BCUT2D eigenvalue weighted by Gasteiger charge is 2.26. The monoisotopic (exact) mass is 268 g/mol. The first-order valence-corrected chi connectivity index (χ1v) is 5.96. The molecule has 2 atom stereocenters. The fourth-order valence-corrected chi connectivity index (χ4v) is 2.38. The molecule has 1 N–H and O–H groups in total. The zero-order valence-electron chi connectivity index (χ0n) is 8.37. The Bertz CT molecular complexity index is 369. The number of hydrogen-bond donors (Lipinski definition) is 1. The molecule has 2 rings (SSSR count). The Balaban J connectivity index is 1.85. The van der Waals surface area contributed by atoms with Crippen LogP contribution in [0.5, 0.6) is 0 Å². The lowest BCUT2D eigenvalue weighted by atomic mass is 10.1. The van der Waals surface area contributed by atoms with Crippen LogP contribution in [-0.4, -0.2) is 6.04 Å². The predicted molar refractivity (Wildman–Crippen MR) is 60.0 cm³/mol. The standard InChI is InChI=1S/C11H13BrN2O/c12-11-5-4-9(15-11)7-14-10-3-1-2-8(10)6-13/h4-5,8,10,14H,1-3,7H2. The molecule has 0 saturated heterocycles. The Kier molecular flexibility index (Phi) is 3.45. The molecular weight excluding hydrogens is 256 g/mol. The molecule has 1 aromatic heterocycles. The van der Waals surface area contributed by atoms with Crippen molar-refractivity contribution < 1.29 is 4.42 Å². The van der Waals surface area contributed by atoms with Gasteiger partial charge in [-0.05, 0) is 40.9 Å². The number of hydrogen-bond acceptors (Lipinski definition) is 3. The SMILES string of the molecule is N#CC1CCCC1NCc1ccc(Br)o1. The fraction of sp³-hybridized carbons (Fsp3) is 0.545. The van der Waals surface area contributed by atoms with Crippen LogP contribution in [0.3, 0.4) is 0 Å². The van der Waals surface area contributed by atoms with Crippen LogP contribution < -0.4 is 5.32 Å². The molecule has 4 heteroatoms. The molecule has 2 unspecified atom stereocenters. The van der Waals surface area contributed by atoms with Crippen molar-refractivity contribution in [2.45, 2.75) is 31.8 Å². The van der Waals surface area contributed by atoms with Gasteiger partial charge in [-0.15, -0.1) is 0 Å². The molecule has 0 aliphatic heterocycles. The second kappa shape index (κ2) is 4.82. The molecule has 0 bridgehead atoms. The Labute approximate surface area is 97.6 Å². The summed E-state index contributed by atoms with van der Waals surface area (Å²) in [5.41, 5.74) is 0. The third-order valence-electron chi connectivity index (χ3n) is 2.85. The zero-order chi connectivity index (χ0) is 10.7. The maximum atomic E-state index is 8.92. The Morgan fingerprint density at radius 2 is 2.40 bits per heavy atom. The highest BCUT2D eigenvalue weighted by atomic mass is 79.9. The second-order valence-electron chi connectivity index (χ2n) is 3.86. The first-order chi connectivity index (χ1) is 7.29. The third kappa shape index (κ3) is 2.61. The highest BCUT2D eigenvalue weighted by Crippen LogP contribution is 2.25. The summed E-state index contributed by atoms with van der Waals surface area (Å²) in [6, 6.07) is 6.51. The van der Waals surface area contributed by atoms with Crippen LogP contribution in [0.1, 0.15) is 25.0 Å². The molecule has 0 radical (unpaired) electrons. The molecule has 1 heterocycles. The first kappa shape index (κ1) is 10.7. The predicted octanol–water partition coefficient (Wildman–Crippen LogP) is 2.82. The van der Waals surface area contributed by atoms with E-state index in [0.717, 1.165) is 29.7 Å². The van der Waals surface area contributed by atoms with Gasteiger partial charge in [-0.25, -0.2) is 0 Å². The van der Waals surface area contributed by atoms with E-state index in [2.05, 4.69) is 27.3 Å². The summed E-state index contributed by atoms with van der Waals surface area (Å²) < 4.78 is 6.14. The van der Waals surface area contributed by atoms with E-state index in [1.54, 1.807) is 0 Å². The van der Waals surface area contributed by atoms with Gasteiger partial charge in [-0.3, -0.25) is 0 Å². The average Bonchev–Trinajstić information content (AvgIpc) is 2.83. The molecule has 15 heavy (non-hydrogen) atoms. The van der Waals surface area contributed by atoms with Crippen LogP contribution in [0.2, 0.25) is 0 Å². The van der Waals surface area contributed by atoms with Crippen molar-refractivity contribution >= 4 is 15.9 Å². The number of nitriles is 1. The van der Waals surface area contributed by atoms with Gasteiger partial charge in [0.25, 0.3) is 0 Å². The lowest BCUT2D eigenvalue weighted by Crippen LogP contribution is -2.31. The molecule has 1 aliphatic rings. The van der Waals surface area contributed by atoms with Crippen LogP contribution >= 0.6 is 15.9 Å². The summed E-state index contributed by atoms with van der Waals surface area (Å²) in [7, 11) is 0. The smallest absolute Gasteiger partial charge is 0.169 e. The average molecular weight is 269 g/mol. The maximum absolute atomic E-state index is 8.92. The summed E-state index contributed by atoms with van der Waals surface area (Å²) in [6.07, 6.45) is 3.27. The topological polar surface area (TPSA) is 49.0 Å². The zero-order valence-corrected chi connectivity index (χ0v) is 9.96. The largest absolute Gasteiger partial charge is 0.453 e. The summed E-state index contributed by atoms with van der Waals surface area (Å²) in [5, 5.41) is 12.3. The van der Waals surface area contributed by atoms with Crippen molar-refractivity contribution in [3.8, 4) is 6.07 Å². The van der Waals surface area contributed by atoms with Crippen molar-refractivity contribution in [2.75, 3.05) is 0 Å². The molecule has 3 nitrogen and oxygen atoms in total. The Morgan fingerprint density at radius 1 is 1.53 bits per heavy atom. The second-order valence-corrected chi connectivity index (χ2v) is 4.64. The number of halogens is 1.